The number of rotatable bonds is 3. The third kappa shape index (κ3) is 2.05. The molecule has 1 rings (SSSR count). The van der Waals surface area contributed by atoms with Crippen LogP contribution in [0.2, 0.25) is 5.02 Å². The molecular weight excluding hydrogens is 205 g/mol. The third-order valence-corrected chi connectivity index (χ3v) is 2.57. The quantitative estimate of drug-likeness (QED) is 0.843. The standard InChI is InChI=1S/C10H13ClFNO/c1-10(6-13,14-2)8-5-7(11)3-4-9(8)12/h3-5H,6,13H2,1-2H3. The van der Waals surface area contributed by atoms with Gasteiger partial charge in [-0.15, -0.1) is 0 Å². The molecule has 0 aliphatic carbocycles. The lowest BCUT2D eigenvalue weighted by atomic mass is 9.95. The molecule has 0 amide bonds. The van der Waals surface area contributed by atoms with Gasteiger partial charge in [-0.25, -0.2) is 4.39 Å². The van der Waals surface area contributed by atoms with Crippen LogP contribution < -0.4 is 5.73 Å². The van der Waals surface area contributed by atoms with Gasteiger partial charge in [0.15, 0.2) is 0 Å². The lowest BCUT2D eigenvalue weighted by Gasteiger charge is -2.27. The van der Waals surface area contributed by atoms with Crippen LogP contribution in [-0.2, 0) is 10.3 Å². The summed E-state index contributed by atoms with van der Waals surface area (Å²) in [6, 6.07) is 4.34. The monoisotopic (exact) mass is 217 g/mol. The molecule has 0 aliphatic rings. The van der Waals surface area contributed by atoms with Crippen LogP contribution >= 0.6 is 11.6 Å². The molecule has 1 aromatic carbocycles. The number of benzene rings is 1. The van der Waals surface area contributed by atoms with E-state index in [9.17, 15) is 4.39 Å². The van der Waals surface area contributed by atoms with Gasteiger partial charge in [0.2, 0.25) is 0 Å². The van der Waals surface area contributed by atoms with Crippen molar-refractivity contribution in [3.05, 3.63) is 34.6 Å². The second-order valence-electron chi connectivity index (χ2n) is 3.26. The van der Waals surface area contributed by atoms with E-state index >= 15 is 0 Å². The second-order valence-corrected chi connectivity index (χ2v) is 3.70. The minimum Gasteiger partial charge on any atom is -0.372 e. The van der Waals surface area contributed by atoms with Gasteiger partial charge in [0, 0.05) is 24.2 Å². The lowest BCUT2D eigenvalue weighted by molar-refractivity contribution is 0.00718. The fourth-order valence-corrected chi connectivity index (χ4v) is 1.38. The van der Waals surface area contributed by atoms with E-state index in [2.05, 4.69) is 0 Å². The summed E-state index contributed by atoms with van der Waals surface area (Å²) in [6.07, 6.45) is 0. The van der Waals surface area contributed by atoms with Crippen LogP contribution in [0.3, 0.4) is 0 Å². The first-order valence-corrected chi connectivity index (χ1v) is 4.62. The Kier molecular flexibility index (Phi) is 3.48. The van der Waals surface area contributed by atoms with Crippen molar-refractivity contribution < 1.29 is 9.13 Å². The summed E-state index contributed by atoms with van der Waals surface area (Å²) in [5.74, 6) is -0.357. The van der Waals surface area contributed by atoms with Gasteiger partial charge in [-0.3, -0.25) is 0 Å². The fourth-order valence-electron chi connectivity index (χ4n) is 1.21. The van der Waals surface area contributed by atoms with E-state index in [-0.39, 0.29) is 12.4 Å². The molecule has 0 bridgehead atoms. The predicted octanol–water partition coefficient (Wildman–Crippen LogP) is 2.30. The maximum Gasteiger partial charge on any atom is 0.129 e. The first kappa shape index (κ1) is 11.4. The molecule has 0 spiro atoms. The first-order valence-electron chi connectivity index (χ1n) is 4.24. The Bertz CT molecular complexity index is 326. The maximum absolute atomic E-state index is 13.4. The van der Waals surface area contributed by atoms with E-state index in [1.807, 2.05) is 0 Å². The van der Waals surface area contributed by atoms with Gasteiger partial charge < -0.3 is 10.5 Å². The SMILES string of the molecule is COC(C)(CN)c1cc(Cl)ccc1F. The summed E-state index contributed by atoms with van der Waals surface area (Å²) in [5, 5.41) is 0.470. The Balaban J connectivity index is 3.22. The molecule has 0 saturated heterocycles. The van der Waals surface area contributed by atoms with Crippen molar-refractivity contribution in [1.29, 1.82) is 0 Å². The van der Waals surface area contributed by atoms with E-state index < -0.39 is 5.60 Å². The van der Waals surface area contributed by atoms with Crippen LogP contribution in [0.4, 0.5) is 4.39 Å². The van der Waals surface area contributed by atoms with Gasteiger partial charge in [0.1, 0.15) is 11.4 Å². The van der Waals surface area contributed by atoms with Crippen molar-refractivity contribution in [1.82, 2.24) is 0 Å². The van der Waals surface area contributed by atoms with E-state index in [1.54, 1.807) is 6.92 Å². The Hall–Kier alpha value is -0.640. The molecule has 14 heavy (non-hydrogen) atoms. The Morgan fingerprint density at radius 1 is 1.57 bits per heavy atom. The Labute approximate surface area is 87.8 Å². The van der Waals surface area contributed by atoms with Gasteiger partial charge in [0.05, 0.1) is 0 Å². The summed E-state index contributed by atoms with van der Waals surface area (Å²) in [7, 11) is 1.49. The number of halogens is 2. The number of methoxy groups -OCH3 is 1. The highest BCUT2D eigenvalue weighted by Crippen LogP contribution is 2.28. The van der Waals surface area contributed by atoms with Crippen LogP contribution in [0.1, 0.15) is 12.5 Å². The maximum atomic E-state index is 13.4. The highest BCUT2D eigenvalue weighted by atomic mass is 35.5. The highest BCUT2D eigenvalue weighted by molar-refractivity contribution is 6.30. The molecule has 2 N–H and O–H groups in total. The zero-order valence-electron chi connectivity index (χ0n) is 8.18. The van der Waals surface area contributed by atoms with Gasteiger partial charge >= 0.3 is 0 Å². The molecule has 1 atom stereocenters. The molecule has 0 saturated carbocycles. The van der Waals surface area contributed by atoms with Crippen LogP contribution in [0.15, 0.2) is 18.2 Å². The number of nitrogens with two attached hydrogens (primary N) is 1. The van der Waals surface area contributed by atoms with Crippen molar-refractivity contribution in [3.8, 4) is 0 Å². The molecule has 4 heteroatoms. The molecule has 0 radical (unpaired) electrons. The Morgan fingerprint density at radius 3 is 2.71 bits per heavy atom. The first-order chi connectivity index (χ1) is 6.53. The molecule has 0 aliphatic heterocycles. The van der Waals surface area contributed by atoms with Crippen LogP contribution in [-0.4, -0.2) is 13.7 Å². The van der Waals surface area contributed by atoms with Gasteiger partial charge in [-0.1, -0.05) is 11.6 Å². The smallest absolute Gasteiger partial charge is 0.129 e. The number of hydrogen-bond acceptors (Lipinski definition) is 2. The molecule has 1 aromatic rings. The number of ether oxygens (including phenoxy) is 1. The molecular formula is C10H13ClFNO. The zero-order chi connectivity index (χ0) is 10.8. The van der Waals surface area contributed by atoms with Crippen molar-refractivity contribution in [3.63, 3.8) is 0 Å². The molecule has 0 aromatic heterocycles. The summed E-state index contributed by atoms with van der Waals surface area (Å²) >= 11 is 5.77. The summed E-state index contributed by atoms with van der Waals surface area (Å²) in [5.41, 5.74) is 5.09. The lowest BCUT2D eigenvalue weighted by Crippen LogP contribution is -2.34. The summed E-state index contributed by atoms with van der Waals surface area (Å²) in [6.45, 7) is 1.92. The minimum atomic E-state index is -0.824. The topological polar surface area (TPSA) is 35.2 Å². The molecule has 2 nitrogen and oxygen atoms in total. The Morgan fingerprint density at radius 2 is 2.21 bits per heavy atom. The van der Waals surface area contributed by atoms with Crippen LogP contribution in [0.5, 0.6) is 0 Å². The van der Waals surface area contributed by atoms with E-state index in [1.165, 1.54) is 25.3 Å². The summed E-state index contributed by atoms with van der Waals surface area (Å²) in [4.78, 5) is 0. The fraction of sp³-hybridized carbons (Fsp3) is 0.400. The van der Waals surface area contributed by atoms with Gasteiger partial charge in [-0.05, 0) is 25.1 Å². The van der Waals surface area contributed by atoms with Crippen LogP contribution in [0.25, 0.3) is 0 Å². The minimum absolute atomic E-state index is 0.195. The average Bonchev–Trinajstić information content (AvgIpc) is 2.20. The van der Waals surface area contributed by atoms with Crippen LogP contribution in [0, 0.1) is 5.82 Å². The highest BCUT2D eigenvalue weighted by Gasteiger charge is 2.27. The van der Waals surface area contributed by atoms with Gasteiger partial charge in [0.25, 0.3) is 0 Å². The van der Waals surface area contributed by atoms with Gasteiger partial charge in [-0.2, -0.15) is 0 Å². The largest absolute Gasteiger partial charge is 0.372 e. The number of hydrogen-bond donors (Lipinski definition) is 1. The third-order valence-electron chi connectivity index (χ3n) is 2.34. The molecule has 0 heterocycles. The van der Waals surface area contributed by atoms with E-state index in [4.69, 9.17) is 22.1 Å². The molecule has 78 valence electrons. The molecule has 1 unspecified atom stereocenters. The molecule has 0 fully saturated rings. The van der Waals surface area contributed by atoms with Crippen molar-refractivity contribution >= 4 is 11.6 Å². The summed E-state index contributed by atoms with van der Waals surface area (Å²) < 4.78 is 18.6. The average molecular weight is 218 g/mol. The van der Waals surface area contributed by atoms with Crippen molar-refractivity contribution in [2.24, 2.45) is 5.73 Å². The second kappa shape index (κ2) is 4.26. The zero-order valence-corrected chi connectivity index (χ0v) is 8.94. The van der Waals surface area contributed by atoms with E-state index in [0.29, 0.717) is 10.6 Å². The predicted molar refractivity (Wildman–Crippen MR) is 54.8 cm³/mol. The van der Waals surface area contributed by atoms with E-state index in [0.717, 1.165) is 0 Å². The van der Waals surface area contributed by atoms with Crippen molar-refractivity contribution in [2.45, 2.75) is 12.5 Å². The normalized spacial score (nSPS) is 15.2. The van der Waals surface area contributed by atoms with Crippen molar-refractivity contribution in [2.75, 3.05) is 13.7 Å².